The summed E-state index contributed by atoms with van der Waals surface area (Å²) in [4.78, 5) is 7.79. The minimum atomic E-state index is 0. The van der Waals surface area contributed by atoms with Crippen LogP contribution >= 0.6 is 12.2 Å². The van der Waals surface area contributed by atoms with Crippen molar-refractivity contribution < 1.29 is 29.6 Å². The molecular weight excluding hydrogens is 215 g/mol. The molecule has 0 unspecified atom stereocenters. The molecule has 1 heterocycles. The van der Waals surface area contributed by atoms with Gasteiger partial charge in [0.25, 0.3) is 0 Å². The van der Waals surface area contributed by atoms with Crippen LogP contribution in [0.5, 0.6) is 0 Å². The zero-order chi connectivity index (χ0) is 8.81. The first-order valence-electron chi connectivity index (χ1n) is 3.05. The first-order chi connectivity index (χ1) is 5.79. The SMILES string of the molecule is S=C([S-])N/N=C/c1cnccn1.[Na+]. The second kappa shape index (κ2) is 7.28. The molecule has 4 nitrogen and oxygen atoms in total. The van der Waals surface area contributed by atoms with Crippen LogP contribution in [0.4, 0.5) is 0 Å². The van der Waals surface area contributed by atoms with Crippen molar-refractivity contribution in [3.05, 3.63) is 24.3 Å². The number of hydrogen-bond donors (Lipinski definition) is 1. The van der Waals surface area contributed by atoms with E-state index in [-0.39, 0.29) is 33.9 Å². The number of nitrogens with one attached hydrogen (secondary N) is 1. The topological polar surface area (TPSA) is 50.2 Å². The molecule has 0 saturated carbocycles. The molecule has 13 heavy (non-hydrogen) atoms. The van der Waals surface area contributed by atoms with E-state index in [1.807, 2.05) is 0 Å². The summed E-state index contributed by atoms with van der Waals surface area (Å²) in [5, 5.41) is 3.72. The van der Waals surface area contributed by atoms with Crippen molar-refractivity contribution in [1.82, 2.24) is 15.4 Å². The fraction of sp³-hybridized carbons (Fsp3) is 0. The summed E-state index contributed by atoms with van der Waals surface area (Å²) in [5.41, 5.74) is 3.09. The van der Waals surface area contributed by atoms with Crippen LogP contribution in [0, 0.1) is 0 Å². The van der Waals surface area contributed by atoms with Gasteiger partial charge in [-0.15, -0.1) is 0 Å². The molecule has 0 aliphatic heterocycles. The minimum absolute atomic E-state index is 0. The molecule has 0 aliphatic rings. The Kier molecular flexibility index (Phi) is 7.20. The second-order valence-electron chi connectivity index (χ2n) is 1.79. The number of thiocarbonyl (C=S) groups is 1. The smallest absolute Gasteiger partial charge is 0.410 e. The fourth-order valence-corrected chi connectivity index (χ4v) is 0.634. The maximum absolute atomic E-state index is 4.56. The van der Waals surface area contributed by atoms with Crippen LogP contribution in [0.25, 0.3) is 0 Å². The summed E-state index contributed by atoms with van der Waals surface area (Å²) in [6.07, 6.45) is 6.24. The maximum atomic E-state index is 4.56. The first kappa shape index (κ1) is 12.9. The summed E-state index contributed by atoms with van der Waals surface area (Å²) < 4.78 is 0.204. The van der Waals surface area contributed by atoms with E-state index in [9.17, 15) is 0 Å². The molecule has 0 radical (unpaired) electrons. The maximum Gasteiger partial charge on any atom is 1.00 e. The normalized spacial score (nSPS) is 9.23. The molecule has 0 aromatic carbocycles. The van der Waals surface area contributed by atoms with E-state index in [4.69, 9.17) is 0 Å². The molecule has 1 rings (SSSR count). The Hall–Kier alpha value is -0.140. The third-order valence-corrected chi connectivity index (χ3v) is 1.12. The zero-order valence-corrected chi connectivity index (χ0v) is 10.6. The molecule has 1 N–H and O–H groups in total. The largest absolute Gasteiger partial charge is 1.00 e. The van der Waals surface area contributed by atoms with E-state index >= 15 is 0 Å². The van der Waals surface area contributed by atoms with E-state index in [1.165, 1.54) is 6.21 Å². The predicted molar refractivity (Wildman–Crippen MR) is 52.7 cm³/mol. The predicted octanol–water partition coefficient (Wildman–Crippen LogP) is -2.76. The number of hydrazone groups is 1. The molecule has 0 saturated heterocycles. The van der Waals surface area contributed by atoms with Crippen LogP contribution in [-0.2, 0) is 12.6 Å². The van der Waals surface area contributed by atoms with Gasteiger partial charge >= 0.3 is 29.6 Å². The van der Waals surface area contributed by atoms with Crippen LogP contribution in [0.15, 0.2) is 23.7 Å². The first-order valence-corrected chi connectivity index (χ1v) is 3.87. The average molecular weight is 220 g/mol. The van der Waals surface area contributed by atoms with Crippen molar-refractivity contribution in [2.45, 2.75) is 0 Å². The van der Waals surface area contributed by atoms with Gasteiger partial charge in [-0.2, -0.15) is 5.10 Å². The number of nitrogens with zero attached hydrogens (tertiary/aromatic N) is 3. The molecular formula is C6H5N4NaS2. The molecule has 0 amide bonds. The summed E-state index contributed by atoms with van der Waals surface area (Å²) in [6.45, 7) is 0. The van der Waals surface area contributed by atoms with Gasteiger partial charge in [0.2, 0.25) is 0 Å². The fourth-order valence-electron chi connectivity index (χ4n) is 0.528. The Morgan fingerprint density at radius 2 is 2.38 bits per heavy atom. The molecule has 0 bridgehead atoms. The molecule has 0 aliphatic carbocycles. The Morgan fingerprint density at radius 3 is 2.92 bits per heavy atom. The Morgan fingerprint density at radius 1 is 1.62 bits per heavy atom. The van der Waals surface area contributed by atoms with Gasteiger partial charge in [-0.3, -0.25) is 15.4 Å². The van der Waals surface area contributed by atoms with Gasteiger partial charge in [0, 0.05) is 12.4 Å². The summed E-state index contributed by atoms with van der Waals surface area (Å²) in [5.74, 6) is 0. The quantitative estimate of drug-likeness (QED) is 0.192. The van der Waals surface area contributed by atoms with Crippen LogP contribution in [-0.4, -0.2) is 20.5 Å². The number of aromatic nitrogens is 2. The van der Waals surface area contributed by atoms with Crippen LogP contribution in [0.3, 0.4) is 0 Å². The number of hydrogen-bond acceptors (Lipinski definition) is 5. The van der Waals surface area contributed by atoms with E-state index in [2.05, 4.69) is 45.3 Å². The van der Waals surface area contributed by atoms with Gasteiger partial charge in [0.05, 0.1) is 12.4 Å². The molecule has 1 aromatic heterocycles. The monoisotopic (exact) mass is 220 g/mol. The van der Waals surface area contributed by atoms with Gasteiger partial charge < -0.3 is 24.8 Å². The summed E-state index contributed by atoms with van der Waals surface area (Å²) >= 11 is 9.13. The molecule has 0 spiro atoms. The van der Waals surface area contributed by atoms with Crippen molar-refractivity contribution in [2.24, 2.45) is 5.10 Å². The van der Waals surface area contributed by atoms with Gasteiger partial charge in [-0.25, -0.2) is 0 Å². The second-order valence-corrected chi connectivity index (χ2v) is 2.86. The Labute approximate surface area is 109 Å². The van der Waals surface area contributed by atoms with E-state index in [0.717, 1.165) is 0 Å². The minimum Gasteiger partial charge on any atom is -0.410 e. The molecule has 7 heteroatoms. The molecule has 1 aromatic rings. The Bertz CT molecular complexity index is 290. The van der Waals surface area contributed by atoms with Crippen LogP contribution in [0.1, 0.15) is 5.69 Å². The molecule has 0 atom stereocenters. The Balaban J connectivity index is 0.00000144. The summed E-state index contributed by atoms with van der Waals surface area (Å²) in [7, 11) is 0. The molecule has 0 fully saturated rings. The van der Waals surface area contributed by atoms with Crippen molar-refractivity contribution in [1.29, 1.82) is 0 Å². The third-order valence-electron chi connectivity index (χ3n) is 0.936. The van der Waals surface area contributed by atoms with Crippen molar-refractivity contribution in [3.8, 4) is 0 Å². The molecule has 62 valence electrons. The van der Waals surface area contributed by atoms with Gasteiger partial charge in [-0.1, -0.05) is 0 Å². The zero-order valence-electron chi connectivity index (χ0n) is 6.97. The van der Waals surface area contributed by atoms with Crippen LogP contribution < -0.4 is 35.0 Å². The average Bonchev–Trinajstić information content (AvgIpc) is 2.05. The van der Waals surface area contributed by atoms with Crippen molar-refractivity contribution in [3.63, 3.8) is 0 Å². The van der Waals surface area contributed by atoms with Gasteiger partial charge in [-0.05, 0) is 4.32 Å². The van der Waals surface area contributed by atoms with Gasteiger partial charge in [0.15, 0.2) is 0 Å². The van der Waals surface area contributed by atoms with E-state index in [0.29, 0.717) is 5.69 Å². The van der Waals surface area contributed by atoms with Crippen molar-refractivity contribution >= 4 is 35.4 Å². The summed E-state index contributed by atoms with van der Waals surface area (Å²) in [6, 6.07) is 0. The van der Waals surface area contributed by atoms with Gasteiger partial charge in [0.1, 0.15) is 5.69 Å². The standard InChI is InChI=1S/C6H6N4S2.Na/c11-6(12)10-9-4-5-3-7-1-2-8-5;/h1-4H,(H2,10,11,12);/q;+1/p-1/b9-4+;. The number of rotatable bonds is 2. The van der Waals surface area contributed by atoms with E-state index in [1.54, 1.807) is 18.6 Å². The van der Waals surface area contributed by atoms with Crippen LogP contribution in [0.2, 0.25) is 0 Å². The third kappa shape index (κ3) is 6.00. The van der Waals surface area contributed by atoms with E-state index < -0.39 is 0 Å². The van der Waals surface area contributed by atoms with Crippen molar-refractivity contribution in [2.75, 3.05) is 0 Å².